The van der Waals surface area contributed by atoms with E-state index >= 15 is 0 Å². The van der Waals surface area contributed by atoms with Crippen LogP contribution in [0.25, 0.3) is 11.3 Å². The molecular formula is C16H13Cl2N3S. The number of hydrogen-bond donors (Lipinski definition) is 1. The van der Waals surface area contributed by atoms with Gasteiger partial charge in [0, 0.05) is 21.4 Å². The minimum absolute atomic E-state index is 0.630. The van der Waals surface area contributed by atoms with Crippen LogP contribution in [0.4, 0.5) is 0 Å². The molecule has 0 saturated carbocycles. The molecule has 1 heterocycles. The molecule has 2 aromatic carbocycles. The molecule has 2 N–H and O–H groups in total. The summed E-state index contributed by atoms with van der Waals surface area (Å²) in [4.78, 5) is 4.57. The van der Waals surface area contributed by atoms with Gasteiger partial charge in [-0.15, -0.1) is 0 Å². The Morgan fingerprint density at radius 3 is 2.59 bits per heavy atom. The zero-order valence-corrected chi connectivity index (χ0v) is 13.9. The maximum atomic E-state index is 6.18. The third-order valence-electron chi connectivity index (χ3n) is 3.14. The van der Waals surface area contributed by atoms with Gasteiger partial charge in [-0.3, -0.25) is 0 Å². The first-order chi connectivity index (χ1) is 10.6. The number of halogens is 2. The topological polar surface area (TPSA) is 43.8 Å². The van der Waals surface area contributed by atoms with E-state index in [1.165, 1.54) is 16.4 Å². The molecule has 0 aliphatic heterocycles. The highest BCUT2D eigenvalue weighted by molar-refractivity contribution is 7.98. The molecule has 0 amide bonds. The van der Waals surface area contributed by atoms with Crippen molar-refractivity contribution in [2.75, 3.05) is 5.84 Å². The summed E-state index contributed by atoms with van der Waals surface area (Å²) in [5.74, 6) is 6.66. The highest BCUT2D eigenvalue weighted by atomic mass is 35.5. The first kappa shape index (κ1) is 15.3. The van der Waals surface area contributed by atoms with Gasteiger partial charge in [0.05, 0.1) is 11.9 Å². The zero-order valence-electron chi connectivity index (χ0n) is 11.5. The number of benzene rings is 2. The number of nitrogens with two attached hydrogens (primary N) is 1. The van der Waals surface area contributed by atoms with Crippen LogP contribution in [0.2, 0.25) is 10.0 Å². The lowest BCUT2D eigenvalue weighted by Gasteiger charge is -2.04. The minimum atomic E-state index is 0.630. The van der Waals surface area contributed by atoms with Crippen molar-refractivity contribution in [3.8, 4) is 11.3 Å². The maximum Gasteiger partial charge on any atom is 0.187 e. The molecule has 0 bridgehead atoms. The second kappa shape index (κ2) is 6.65. The van der Waals surface area contributed by atoms with Crippen molar-refractivity contribution in [3.05, 3.63) is 70.3 Å². The first-order valence-electron chi connectivity index (χ1n) is 6.60. The summed E-state index contributed by atoms with van der Waals surface area (Å²) < 4.78 is 1.54. The highest BCUT2D eigenvalue weighted by Crippen LogP contribution is 2.29. The molecule has 0 spiro atoms. The van der Waals surface area contributed by atoms with Crippen LogP contribution in [0.3, 0.4) is 0 Å². The van der Waals surface area contributed by atoms with Crippen LogP contribution in [0.1, 0.15) is 5.56 Å². The summed E-state index contributed by atoms with van der Waals surface area (Å²) in [6.07, 6.45) is 1.82. The molecule has 22 heavy (non-hydrogen) atoms. The van der Waals surface area contributed by atoms with Crippen LogP contribution in [-0.4, -0.2) is 9.66 Å². The third kappa shape index (κ3) is 3.40. The van der Waals surface area contributed by atoms with Gasteiger partial charge in [0.2, 0.25) is 0 Å². The third-order valence-corrected chi connectivity index (χ3v) is 4.74. The van der Waals surface area contributed by atoms with Gasteiger partial charge in [-0.2, -0.15) is 0 Å². The average molecular weight is 350 g/mol. The van der Waals surface area contributed by atoms with Crippen LogP contribution >= 0.6 is 35.0 Å². The van der Waals surface area contributed by atoms with Gasteiger partial charge in [-0.1, -0.05) is 71.4 Å². The lowest BCUT2D eigenvalue weighted by molar-refractivity contribution is 0.851. The van der Waals surface area contributed by atoms with Crippen LogP contribution in [0, 0.1) is 0 Å². The van der Waals surface area contributed by atoms with Gasteiger partial charge in [0.1, 0.15) is 0 Å². The molecule has 6 heteroatoms. The van der Waals surface area contributed by atoms with Gasteiger partial charge in [-0.05, 0) is 17.7 Å². The fraction of sp³-hybridized carbons (Fsp3) is 0.0625. The largest absolute Gasteiger partial charge is 0.337 e. The van der Waals surface area contributed by atoms with Gasteiger partial charge < -0.3 is 5.84 Å². The molecule has 3 aromatic rings. The predicted octanol–water partition coefficient (Wildman–Crippen LogP) is 4.86. The fourth-order valence-electron chi connectivity index (χ4n) is 2.01. The molecule has 0 atom stereocenters. The lowest BCUT2D eigenvalue weighted by atomic mass is 10.2. The van der Waals surface area contributed by atoms with Crippen LogP contribution in [-0.2, 0) is 5.75 Å². The van der Waals surface area contributed by atoms with Crippen LogP contribution < -0.4 is 5.84 Å². The number of rotatable bonds is 4. The number of imidazole rings is 1. The molecule has 1 aromatic heterocycles. The van der Waals surface area contributed by atoms with Crippen molar-refractivity contribution in [1.29, 1.82) is 0 Å². The number of thioether (sulfide) groups is 1. The van der Waals surface area contributed by atoms with Crippen molar-refractivity contribution < 1.29 is 0 Å². The van der Waals surface area contributed by atoms with E-state index in [1.54, 1.807) is 6.07 Å². The van der Waals surface area contributed by atoms with E-state index in [0.29, 0.717) is 15.8 Å². The summed E-state index contributed by atoms with van der Waals surface area (Å²) in [6.45, 7) is 0. The Morgan fingerprint density at radius 1 is 1.09 bits per heavy atom. The molecule has 0 unspecified atom stereocenters. The smallest absolute Gasteiger partial charge is 0.187 e. The quantitative estimate of drug-likeness (QED) is 0.540. The summed E-state index contributed by atoms with van der Waals surface area (Å²) in [7, 11) is 0. The summed E-state index contributed by atoms with van der Waals surface area (Å²) in [6, 6.07) is 15.4. The molecule has 0 aliphatic carbocycles. The number of nitrogen functional groups attached to an aromatic ring is 1. The molecular weight excluding hydrogens is 337 g/mol. The van der Waals surface area contributed by atoms with E-state index in [4.69, 9.17) is 29.0 Å². The van der Waals surface area contributed by atoms with Crippen molar-refractivity contribution in [2.45, 2.75) is 10.9 Å². The average Bonchev–Trinajstić information content (AvgIpc) is 2.88. The van der Waals surface area contributed by atoms with Crippen molar-refractivity contribution in [3.63, 3.8) is 0 Å². The zero-order chi connectivity index (χ0) is 15.5. The van der Waals surface area contributed by atoms with E-state index in [1.807, 2.05) is 48.7 Å². The van der Waals surface area contributed by atoms with Gasteiger partial charge in [0.25, 0.3) is 0 Å². The first-order valence-corrected chi connectivity index (χ1v) is 8.34. The van der Waals surface area contributed by atoms with E-state index in [9.17, 15) is 0 Å². The van der Waals surface area contributed by atoms with Crippen LogP contribution in [0.5, 0.6) is 0 Å². The fourth-order valence-corrected chi connectivity index (χ4v) is 3.47. The lowest BCUT2D eigenvalue weighted by Crippen LogP contribution is -2.07. The Morgan fingerprint density at radius 2 is 1.86 bits per heavy atom. The van der Waals surface area contributed by atoms with E-state index in [2.05, 4.69) is 4.98 Å². The van der Waals surface area contributed by atoms with Gasteiger partial charge in [-0.25, -0.2) is 9.66 Å². The van der Waals surface area contributed by atoms with Gasteiger partial charge >= 0.3 is 0 Å². The van der Waals surface area contributed by atoms with Crippen molar-refractivity contribution >= 4 is 35.0 Å². The van der Waals surface area contributed by atoms with Crippen molar-refractivity contribution in [1.82, 2.24) is 9.66 Å². The Hall–Kier alpha value is -1.62. The molecule has 3 rings (SSSR count). The second-order valence-corrected chi connectivity index (χ2v) is 6.49. The Kier molecular flexibility index (Phi) is 4.62. The normalized spacial score (nSPS) is 10.8. The summed E-state index contributed by atoms with van der Waals surface area (Å²) >= 11 is 13.6. The highest BCUT2D eigenvalue weighted by Gasteiger charge is 2.10. The summed E-state index contributed by atoms with van der Waals surface area (Å²) in [5, 5.41) is 2.02. The Balaban J connectivity index is 1.77. The molecule has 3 nitrogen and oxygen atoms in total. The Bertz CT molecular complexity index is 787. The monoisotopic (exact) mass is 349 g/mol. The van der Waals surface area contributed by atoms with Crippen molar-refractivity contribution in [2.24, 2.45) is 0 Å². The maximum absolute atomic E-state index is 6.18. The number of aromatic nitrogens is 2. The molecule has 0 fully saturated rings. The van der Waals surface area contributed by atoms with E-state index < -0.39 is 0 Å². The predicted molar refractivity (Wildman–Crippen MR) is 93.8 cm³/mol. The molecule has 112 valence electrons. The number of hydrogen-bond acceptors (Lipinski definition) is 3. The minimum Gasteiger partial charge on any atom is -0.337 e. The SMILES string of the molecule is Nn1cc(-c2ccccc2)nc1SCc1ccc(Cl)cc1Cl. The van der Waals surface area contributed by atoms with E-state index in [0.717, 1.165) is 22.0 Å². The summed E-state index contributed by atoms with van der Waals surface area (Å²) in [5.41, 5.74) is 2.89. The van der Waals surface area contributed by atoms with Gasteiger partial charge in [0.15, 0.2) is 5.16 Å². The standard InChI is InChI=1S/C16H13Cl2N3S/c17-13-7-6-12(14(18)8-13)10-22-16-20-15(9-21(16)19)11-4-2-1-3-5-11/h1-9H,10,19H2. The molecule has 0 radical (unpaired) electrons. The molecule has 0 saturated heterocycles. The second-order valence-electron chi connectivity index (χ2n) is 4.71. The van der Waals surface area contributed by atoms with E-state index in [-0.39, 0.29) is 0 Å². The van der Waals surface area contributed by atoms with Crippen LogP contribution in [0.15, 0.2) is 59.9 Å². The number of nitrogens with zero attached hydrogens (tertiary/aromatic N) is 2. The Labute approximate surface area is 143 Å². The molecule has 0 aliphatic rings.